The van der Waals surface area contributed by atoms with Gasteiger partial charge in [-0.2, -0.15) is 0 Å². The van der Waals surface area contributed by atoms with Crippen LogP contribution in [0.1, 0.15) is 45.1 Å². The van der Waals surface area contributed by atoms with Gasteiger partial charge in [-0.15, -0.1) is 0 Å². The molecule has 4 heteroatoms. The van der Waals surface area contributed by atoms with Crippen molar-refractivity contribution in [3.05, 3.63) is 33.8 Å². The molecule has 0 fully saturated rings. The Labute approximate surface area is 123 Å². The maximum Gasteiger partial charge on any atom is 0.144 e. The molecule has 0 heterocycles. The summed E-state index contributed by atoms with van der Waals surface area (Å²) < 4.78 is 28.0. The van der Waals surface area contributed by atoms with E-state index in [0.717, 1.165) is 38.8 Å². The zero-order valence-electron chi connectivity index (χ0n) is 11.7. The molecule has 0 bridgehead atoms. The first-order valence-electron chi connectivity index (χ1n) is 6.94. The Bertz CT molecular complexity index is 388. The van der Waals surface area contributed by atoms with Crippen molar-refractivity contribution >= 4 is 15.9 Å². The molecule has 0 N–H and O–H groups in total. The van der Waals surface area contributed by atoms with Crippen LogP contribution in [-0.4, -0.2) is 18.0 Å². The van der Waals surface area contributed by atoms with Gasteiger partial charge in [-0.1, -0.05) is 26.7 Å². The third-order valence-electron chi connectivity index (χ3n) is 3.18. The molecule has 1 aromatic rings. The average Bonchev–Trinajstić information content (AvgIpc) is 2.41. The summed E-state index contributed by atoms with van der Waals surface area (Å²) in [5, 5.41) is 0. The number of hydrogen-bond acceptors (Lipinski definition) is 1. The minimum Gasteiger partial charge on any atom is -0.299 e. The Kier molecular flexibility index (Phi) is 7.54. The summed E-state index contributed by atoms with van der Waals surface area (Å²) in [4.78, 5) is 2.14. The molecule has 0 saturated carbocycles. The van der Waals surface area contributed by atoms with E-state index in [1.54, 1.807) is 0 Å². The van der Waals surface area contributed by atoms with Crippen LogP contribution >= 0.6 is 15.9 Å². The summed E-state index contributed by atoms with van der Waals surface area (Å²) in [7, 11) is 0. The van der Waals surface area contributed by atoms with Gasteiger partial charge in [0, 0.05) is 12.1 Å². The highest BCUT2D eigenvalue weighted by molar-refractivity contribution is 9.10. The summed E-state index contributed by atoms with van der Waals surface area (Å²) in [6.45, 7) is 6.37. The second-order valence-electron chi connectivity index (χ2n) is 4.80. The largest absolute Gasteiger partial charge is 0.299 e. The van der Waals surface area contributed by atoms with Gasteiger partial charge in [-0.3, -0.25) is 4.90 Å². The van der Waals surface area contributed by atoms with E-state index in [9.17, 15) is 8.78 Å². The van der Waals surface area contributed by atoms with E-state index in [1.807, 2.05) is 0 Å². The maximum atomic E-state index is 14.0. The smallest absolute Gasteiger partial charge is 0.144 e. The van der Waals surface area contributed by atoms with E-state index in [0.29, 0.717) is 11.0 Å². The lowest BCUT2D eigenvalue weighted by atomic mass is 10.1. The Morgan fingerprint density at radius 3 is 2.16 bits per heavy atom. The molecule has 0 unspecified atom stereocenters. The third kappa shape index (κ3) is 5.19. The predicted molar refractivity (Wildman–Crippen MR) is 79.2 cm³/mol. The first-order valence-corrected chi connectivity index (χ1v) is 7.74. The molecule has 0 atom stereocenters. The van der Waals surface area contributed by atoms with Crippen molar-refractivity contribution in [2.45, 2.75) is 46.1 Å². The number of hydrogen-bond donors (Lipinski definition) is 0. The van der Waals surface area contributed by atoms with Gasteiger partial charge >= 0.3 is 0 Å². The molecule has 108 valence electrons. The Morgan fingerprint density at radius 2 is 1.63 bits per heavy atom. The monoisotopic (exact) mass is 333 g/mol. The molecule has 0 radical (unpaired) electrons. The number of rotatable bonds is 8. The van der Waals surface area contributed by atoms with Crippen molar-refractivity contribution in [2.24, 2.45) is 0 Å². The minimum atomic E-state index is -0.474. The first kappa shape index (κ1) is 16.6. The fraction of sp³-hybridized carbons (Fsp3) is 0.600. The van der Waals surface area contributed by atoms with Crippen LogP contribution in [0.25, 0.3) is 0 Å². The number of benzene rings is 1. The van der Waals surface area contributed by atoms with Crippen molar-refractivity contribution in [3.63, 3.8) is 0 Å². The molecule has 1 aromatic carbocycles. The molecule has 0 aromatic heterocycles. The first-order chi connectivity index (χ1) is 9.10. The zero-order chi connectivity index (χ0) is 14.3. The van der Waals surface area contributed by atoms with E-state index < -0.39 is 11.6 Å². The van der Waals surface area contributed by atoms with Crippen LogP contribution in [-0.2, 0) is 6.54 Å². The van der Waals surface area contributed by atoms with E-state index in [1.165, 1.54) is 12.1 Å². The highest BCUT2D eigenvalue weighted by Gasteiger charge is 2.15. The standard InChI is InChI=1S/C15H22BrF2N/c1-3-5-9-19(10-6-4-2)11-12-14(17)8-7-13(16)15(12)18/h7-8H,3-6,9-11H2,1-2H3. The van der Waals surface area contributed by atoms with E-state index >= 15 is 0 Å². The lowest BCUT2D eigenvalue weighted by molar-refractivity contribution is 0.249. The highest BCUT2D eigenvalue weighted by Crippen LogP contribution is 2.23. The van der Waals surface area contributed by atoms with Gasteiger partial charge < -0.3 is 0 Å². The number of nitrogens with zero attached hydrogens (tertiary/aromatic N) is 1. The predicted octanol–water partition coefficient (Wildman–Crippen LogP) is 5.13. The van der Waals surface area contributed by atoms with Gasteiger partial charge in [0.25, 0.3) is 0 Å². The van der Waals surface area contributed by atoms with Crippen molar-refractivity contribution in [1.82, 2.24) is 4.90 Å². The lowest BCUT2D eigenvalue weighted by Gasteiger charge is -2.22. The van der Waals surface area contributed by atoms with E-state index in [2.05, 4.69) is 34.7 Å². The van der Waals surface area contributed by atoms with Gasteiger partial charge in [0.05, 0.1) is 4.47 Å². The van der Waals surface area contributed by atoms with Crippen LogP contribution in [0.3, 0.4) is 0 Å². The van der Waals surface area contributed by atoms with Crippen LogP contribution < -0.4 is 0 Å². The molecule has 0 aliphatic heterocycles. The van der Waals surface area contributed by atoms with E-state index in [-0.39, 0.29) is 5.56 Å². The van der Waals surface area contributed by atoms with Crippen molar-refractivity contribution in [1.29, 1.82) is 0 Å². The summed E-state index contributed by atoms with van der Waals surface area (Å²) >= 11 is 3.12. The second-order valence-corrected chi connectivity index (χ2v) is 5.66. The van der Waals surface area contributed by atoms with Gasteiger partial charge in [0.15, 0.2) is 0 Å². The second kappa shape index (κ2) is 8.64. The summed E-state index contributed by atoms with van der Waals surface area (Å²) in [6, 6.07) is 2.73. The summed E-state index contributed by atoms with van der Waals surface area (Å²) in [6.07, 6.45) is 4.29. The van der Waals surface area contributed by atoms with Gasteiger partial charge in [-0.25, -0.2) is 8.78 Å². The molecular weight excluding hydrogens is 312 g/mol. The molecule has 1 nitrogen and oxygen atoms in total. The van der Waals surface area contributed by atoms with Gasteiger partial charge in [0.2, 0.25) is 0 Å². The molecule has 0 spiro atoms. The topological polar surface area (TPSA) is 3.24 Å². The highest BCUT2D eigenvalue weighted by atomic mass is 79.9. The molecule has 0 aliphatic rings. The van der Waals surface area contributed by atoms with Crippen molar-refractivity contribution in [2.75, 3.05) is 13.1 Å². The van der Waals surface area contributed by atoms with Gasteiger partial charge in [-0.05, 0) is 54.0 Å². The zero-order valence-corrected chi connectivity index (χ0v) is 13.3. The average molecular weight is 334 g/mol. The molecule has 0 saturated heterocycles. The van der Waals surface area contributed by atoms with Crippen LogP contribution in [0.15, 0.2) is 16.6 Å². The summed E-state index contributed by atoms with van der Waals surface area (Å²) in [5.41, 5.74) is 0.168. The fourth-order valence-corrected chi connectivity index (χ4v) is 2.34. The molecule has 0 aliphatic carbocycles. The van der Waals surface area contributed by atoms with Crippen LogP contribution in [0, 0.1) is 11.6 Å². The quantitative estimate of drug-likeness (QED) is 0.596. The molecule has 19 heavy (non-hydrogen) atoms. The SMILES string of the molecule is CCCCN(CCCC)Cc1c(F)ccc(Br)c1F. The lowest BCUT2D eigenvalue weighted by Crippen LogP contribution is -2.26. The number of halogens is 3. The number of unbranched alkanes of at least 4 members (excludes halogenated alkanes) is 2. The van der Waals surface area contributed by atoms with Crippen LogP contribution in [0.5, 0.6) is 0 Å². The molecule has 0 amide bonds. The van der Waals surface area contributed by atoms with Crippen LogP contribution in [0.2, 0.25) is 0 Å². The summed E-state index contributed by atoms with van der Waals surface area (Å²) in [5.74, 6) is -0.934. The van der Waals surface area contributed by atoms with E-state index in [4.69, 9.17) is 0 Å². The Hall–Kier alpha value is -0.480. The molecule has 1 rings (SSSR count). The Balaban J connectivity index is 2.79. The van der Waals surface area contributed by atoms with Crippen molar-refractivity contribution in [3.8, 4) is 0 Å². The fourth-order valence-electron chi connectivity index (χ4n) is 1.97. The van der Waals surface area contributed by atoms with Crippen LogP contribution in [0.4, 0.5) is 8.78 Å². The Morgan fingerprint density at radius 1 is 1.05 bits per heavy atom. The molecular formula is C15H22BrF2N. The van der Waals surface area contributed by atoms with Crippen molar-refractivity contribution < 1.29 is 8.78 Å². The normalized spacial score (nSPS) is 11.3. The third-order valence-corrected chi connectivity index (χ3v) is 3.79. The maximum absolute atomic E-state index is 14.0. The van der Waals surface area contributed by atoms with Gasteiger partial charge in [0.1, 0.15) is 11.6 Å². The minimum absolute atomic E-state index is 0.168.